The maximum atomic E-state index is 11.8. The van der Waals surface area contributed by atoms with Crippen LogP contribution in [0.1, 0.15) is 32.6 Å². The first-order chi connectivity index (χ1) is 8.63. The molecule has 0 saturated heterocycles. The van der Waals surface area contributed by atoms with Crippen LogP contribution in [-0.2, 0) is 9.53 Å². The first-order valence-corrected chi connectivity index (χ1v) is 6.71. The number of aliphatic hydroxyl groups is 1. The van der Waals surface area contributed by atoms with Gasteiger partial charge < -0.3 is 15.2 Å². The zero-order chi connectivity index (χ0) is 13.8. The second-order valence-corrected chi connectivity index (χ2v) is 4.58. The molecule has 5 heteroatoms. The van der Waals surface area contributed by atoms with E-state index in [1.165, 1.54) is 0 Å². The van der Waals surface area contributed by atoms with Crippen molar-refractivity contribution in [1.29, 1.82) is 0 Å². The van der Waals surface area contributed by atoms with Gasteiger partial charge in [-0.3, -0.25) is 9.69 Å². The third kappa shape index (κ3) is 8.44. The van der Waals surface area contributed by atoms with E-state index < -0.39 is 0 Å². The van der Waals surface area contributed by atoms with Crippen molar-refractivity contribution in [2.24, 2.45) is 0 Å². The van der Waals surface area contributed by atoms with Gasteiger partial charge in [-0.15, -0.1) is 0 Å². The Balaban J connectivity index is 3.68. The molecule has 0 spiro atoms. The van der Waals surface area contributed by atoms with Crippen LogP contribution in [0.3, 0.4) is 0 Å². The van der Waals surface area contributed by atoms with Crippen LogP contribution in [0.2, 0.25) is 0 Å². The summed E-state index contributed by atoms with van der Waals surface area (Å²) in [4.78, 5) is 13.8. The maximum absolute atomic E-state index is 11.8. The molecular weight excluding hydrogens is 232 g/mol. The summed E-state index contributed by atoms with van der Waals surface area (Å²) in [6.07, 6.45) is 3.70. The third-order valence-corrected chi connectivity index (χ3v) is 3.03. The number of carbonyl (C=O) groups is 1. The number of unbranched alkanes of at least 4 members (excludes halogenated alkanes) is 2. The molecule has 0 heterocycles. The number of aliphatic hydroxyl groups excluding tert-OH is 1. The Bertz CT molecular complexity index is 212. The normalized spacial score (nSPS) is 12.7. The van der Waals surface area contributed by atoms with Crippen LogP contribution >= 0.6 is 0 Å². The number of hydrogen-bond acceptors (Lipinski definition) is 4. The Morgan fingerprint density at radius 3 is 2.67 bits per heavy atom. The molecule has 0 fully saturated rings. The van der Waals surface area contributed by atoms with E-state index in [0.717, 1.165) is 32.2 Å². The van der Waals surface area contributed by atoms with E-state index in [0.29, 0.717) is 13.2 Å². The zero-order valence-corrected chi connectivity index (χ0v) is 11.9. The lowest BCUT2D eigenvalue weighted by Gasteiger charge is -2.23. The van der Waals surface area contributed by atoms with Crippen molar-refractivity contribution >= 4 is 5.91 Å². The molecule has 0 aromatic heterocycles. The summed E-state index contributed by atoms with van der Waals surface area (Å²) in [6.45, 7) is 4.38. The molecule has 2 N–H and O–H groups in total. The van der Waals surface area contributed by atoms with Crippen molar-refractivity contribution < 1.29 is 14.6 Å². The van der Waals surface area contributed by atoms with Crippen molar-refractivity contribution in [2.75, 3.05) is 40.5 Å². The quantitative estimate of drug-likeness (QED) is 0.535. The van der Waals surface area contributed by atoms with Gasteiger partial charge in [0.25, 0.3) is 0 Å². The van der Waals surface area contributed by atoms with Crippen molar-refractivity contribution in [3.05, 3.63) is 0 Å². The number of hydrogen-bond donors (Lipinski definition) is 2. The minimum absolute atomic E-state index is 0.0655. The number of amides is 1. The van der Waals surface area contributed by atoms with Gasteiger partial charge in [-0.2, -0.15) is 0 Å². The van der Waals surface area contributed by atoms with Crippen LogP contribution in [-0.4, -0.2) is 62.4 Å². The molecule has 108 valence electrons. The number of likely N-dealkylation sites (N-methyl/N-ethyl adjacent to an activating group) is 1. The molecule has 0 aromatic rings. The van der Waals surface area contributed by atoms with Gasteiger partial charge in [0, 0.05) is 26.9 Å². The molecular formula is C13H28N2O3. The number of methoxy groups -OCH3 is 1. The van der Waals surface area contributed by atoms with Crippen LogP contribution in [0.25, 0.3) is 0 Å². The summed E-state index contributed by atoms with van der Waals surface area (Å²) in [5.41, 5.74) is 0. The fraction of sp³-hybridized carbons (Fsp3) is 0.923. The van der Waals surface area contributed by atoms with Gasteiger partial charge in [-0.1, -0.05) is 0 Å². The van der Waals surface area contributed by atoms with Gasteiger partial charge >= 0.3 is 0 Å². The summed E-state index contributed by atoms with van der Waals surface area (Å²) in [7, 11) is 3.61. The van der Waals surface area contributed by atoms with Gasteiger partial charge in [0.2, 0.25) is 5.91 Å². The molecule has 1 unspecified atom stereocenters. The fourth-order valence-electron chi connectivity index (χ4n) is 1.62. The molecule has 0 aliphatic rings. The lowest BCUT2D eigenvalue weighted by atomic mass is 10.2. The minimum Gasteiger partial charge on any atom is -0.396 e. The van der Waals surface area contributed by atoms with Gasteiger partial charge in [-0.25, -0.2) is 0 Å². The van der Waals surface area contributed by atoms with E-state index in [1.807, 2.05) is 18.9 Å². The van der Waals surface area contributed by atoms with Crippen LogP contribution in [0.15, 0.2) is 0 Å². The van der Waals surface area contributed by atoms with Crippen molar-refractivity contribution in [2.45, 2.75) is 38.6 Å². The number of rotatable bonds is 11. The van der Waals surface area contributed by atoms with E-state index in [4.69, 9.17) is 9.84 Å². The van der Waals surface area contributed by atoms with Crippen LogP contribution in [0, 0.1) is 0 Å². The SMILES string of the molecule is COCCCNC(=O)C(C)N(C)CCCCCO. The molecule has 0 saturated carbocycles. The van der Waals surface area contributed by atoms with Crippen molar-refractivity contribution in [1.82, 2.24) is 10.2 Å². The third-order valence-electron chi connectivity index (χ3n) is 3.03. The Hall–Kier alpha value is -0.650. The highest BCUT2D eigenvalue weighted by Gasteiger charge is 2.16. The van der Waals surface area contributed by atoms with Crippen molar-refractivity contribution in [3.63, 3.8) is 0 Å². The fourth-order valence-corrected chi connectivity index (χ4v) is 1.62. The molecule has 5 nitrogen and oxygen atoms in total. The summed E-state index contributed by atoms with van der Waals surface area (Å²) < 4.78 is 4.93. The summed E-state index contributed by atoms with van der Waals surface area (Å²) in [5.74, 6) is 0.0655. The Kier molecular flexibility index (Phi) is 11.0. The van der Waals surface area contributed by atoms with E-state index >= 15 is 0 Å². The molecule has 1 atom stereocenters. The molecule has 18 heavy (non-hydrogen) atoms. The van der Waals surface area contributed by atoms with Gasteiger partial charge in [0.05, 0.1) is 6.04 Å². The summed E-state index contributed by atoms with van der Waals surface area (Å²) >= 11 is 0. The largest absolute Gasteiger partial charge is 0.396 e. The summed E-state index contributed by atoms with van der Waals surface area (Å²) in [5, 5.41) is 11.6. The van der Waals surface area contributed by atoms with E-state index in [9.17, 15) is 4.79 Å². The lowest BCUT2D eigenvalue weighted by molar-refractivity contribution is -0.125. The van der Waals surface area contributed by atoms with Crippen LogP contribution < -0.4 is 5.32 Å². The highest BCUT2D eigenvalue weighted by Crippen LogP contribution is 2.01. The van der Waals surface area contributed by atoms with Crippen molar-refractivity contribution in [3.8, 4) is 0 Å². The second-order valence-electron chi connectivity index (χ2n) is 4.58. The first kappa shape index (κ1) is 17.4. The Labute approximate surface area is 110 Å². The molecule has 0 bridgehead atoms. The molecule has 0 aromatic carbocycles. The summed E-state index contributed by atoms with van der Waals surface area (Å²) in [6, 6.07) is -0.110. The van der Waals surface area contributed by atoms with Gasteiger partial charge in [-0.05, 0) is 46.2 Å². The topological polar surface area (TPSA) is 61.8 Å². The van der Waals surface area contributed by atoms with Crippen LogP contribution in [0.5, 0.6) is 0 Å². The van der Waals surface area contributed by atoms with E-state index in [-0.39, 0.29) is 18.6 Å². The highest BCUT2D eigenvalue weighted by atomic mass is 16.5. The minimum atomic E-state index is -0.110. The predicted octanol–water partition coefficient (Wildman–Crippen LogP) is 0.622. The van der Waals surface area contributed by atoms with Gasteiger partial charge in [0.1, 0.15) is 0 Å². The molecule has 0 radical (unpaired) electrons. The predicted molar refractivity (Wildman–Crippen MR) is 72.5 cm³/mol. The average molecular weight is 260 g/mol. The highest BCUT2D eigenvalue weighted by molar-refractivity contribution is 5.81. The maximum Gasteiger partial charge on any atom is 0.237 e. The monoisotopic (exact) mass is 260 g/mol. The first-order valence-electron chi connectivity index (χ1n) is 6.71. The lowest BCUT2D eigenvalue weighted by Crippen LogP contribution is -2.44. The number of nitrogens with zero attached hydrogens (tertiary/aromatic N) is 1. The smallest absolute Gasteiger partial charge is 0.237 e. The number of ether oxygens (including phenoxy) is 1. The molecule has 1 amide bonds. The standard InChI is InChI=1S/C13H28N2O3/c1-12(13(17)14-8-7-11-18-3)15(2)9-5-4-6-10-16/h12,16H,4-11H2,1-3H3,(H,14,17). The molecule has 0 aliphatic carbocycles. The van der Waals surface area contributed by atoms with Crippen LogP contribution in [0.4, 0.5) is 0 Å². The second kappa shape index (κ2) is 11.4. The number of carbonyl (C=O) groups excluding carboxylic acids is 1. The Morgan fingerprint density at radius 1 is 1.33 bits per heavy atom. The molecule has 0 rings (SSSR count). The zero-order valence-electron chi connectivity index (χ0n) is 11.9. The van der Waals surface area contributed by atoms with E-state index in [2.05, 4.69) is 5.32 Å². The average Bonchev–Trinajstić information content (AvgIpc) is 2.38. The van der Waals surface area contributed by atoms with E-state index in [1.54, 1.807) is 7.11 Å². The van der Waals surface area contributed by atoms with Gasteiger partial charge in [0.15, 0.2) is 0 Å². The number of nitrogens with one attached hydrogen (secondary N) is 1. The molecule has 0 aliphatic heterocycles. The Morgan fingerprint density at radius 2 is 2.06 bits per heavy atom.